The third-order valence-corrected chi connectivity index (χ3v) is 6.10. The standard InChI is InChI=1S/C28H29NO6/c1-18-9-13-20(14-10-18)28(27(31)33-4)26(29-21-15-11-19(2)12-16-21)22-7-5-6-8-23(22)34-25(35-28)17-24(30)32-3/h5-16,25-26,29H,17H2,1-4H3/t25-,26+,28+/m0/s1. The number of carbonyl (C=O) groups is 2. The van der Waals surface area contributed by atoms with Gasteiger partial charge in [-0.3, -0.25) is 4.79 Å². The highest BCUT2D eigenvalue weighted by Gasteiger charge is 2.55. The van der Waals surface area contributed by atoms with Gasteiger partial charge in [-0.2, -0.15) is 0 Å². The predicted octanol–water partition coefficient (Wildman–Crippen LogP) is 4.82. The lowest BCUT2D eigenvalue weighted by Crippen LogP contribution is -2.49. The summed E-state index contributed by atoms with van der Waals surface area (Å²) in [6.07, 6.45) is -1.32. The molecule has 0 fully saturated rings. The number of benzene rings is 3. The maximum atomic E-state index is 13.7. The van der Waals surface area contributed by atoms with Crippen molar-refractivity contribution in [1.82, 2.24) is 0 Å². The molecule has 0 bridgehead atoms. The first kappa shape index (κ1) is 24.3. The van der Waals surface area contributed by atoms with Gasteiger partial charge in [-0.25, -0.2) is 4.79 Å². The molecule has 0 aliphatic carbocycles. The van der Waals surface area contributed by atoms with Crippen LogP contribution in [0.2, 0.25) is 0 Å². The molecular formula is C28H29NO6. The number of rotatable bonds is 6. The number of hydrogen-bond acceptors (Lipinski definition) is 7. The highest BCUT2D eigenvalue weighted by atomic mass is 16.7. The summed E-state index contributed by atoms with van der Waals surface area (Å²) in [6, 6.07) is 21.9. The van der Waals surface area contributed by atoms with Gasteiger partial charge in [0.05, 0.1) is 20.3 Å². The number of para-hydroxylation sites is 1. The third-order valence-electron chi connectivity index (χ3n) is 6.10. The maximum absolute atomic E-state index is 13.7. The molecule has 0 unspecified atom stereocenters. The zero-order chi connectivity index (χ0) is 25.0. The molecule has 1 N–H and O–H groups in total. The molecule has 0 aromatic heterocycles. The van der Waals surface area contributed by atoms with Crippen LogP contribution in [0.15, 0.2) is 72.8 Å². The fraction of sp³-hybridized carbons (Fsp3) is 0.286. The number of ether oxygens (including phenoxy) is 4. The van der Waals surface area contributed by atoms with Crippen molar-refractivity contribution in [3.05, 3.63) is 95.1 Å². The summed E-state index contributed by atoms with van der Waals surface area (Å²) >= 11 is 0. The lowest BCUT2D eigenvalue weighted by atomic mass is 9.81. The van der Waals surface area contributed by atoms with Crippen LogP contribution in [-0.2, 0) is 29.4 Å². The highest BCUT2D eigenvalue weighted by Crippen LogP contribution is 2.48. The molecule has 1 aliphatic rings. The fourth-order valence-corrected chi connectivity index (χ4v) is 4.26. The number of fused-ring (bicyclic) bond motifs is 1. The minimum atomic E-state index is -1.68. The number of aryl methyl sites for hydroxylation is 2. The Labute approximate surface area is 205 Å². The van der Waals surface area contributed by atoms with Crippen molar-refractivity contribution in [2.45, 2.75) is 38.2 Å². The zero-order valence-electron chi connectivity index (χ0n) is 20.2. The summed E-state index contributed by atoms with van der Waals surface area (Å²) in [6.45, 7) is 3.97. The predicted molar refractivity (Wildman–Crippen MR) is 131 cm³/mol. The van der Waals surface area contributed by atoms with Crippen molar-refractivity contribution < 1.29 is 28.5 Å². The summed E-state index contributed by atoms with van der Waals surface area (Å²) in [5.41, 5.74) is 2.48. The van der Waals surface area contributed by atoms with Gasteiger partial charge in [-0.05, 0) is 37.6 Å². The Morgan fingerprint density at radius 1 is 0.886 bits per heavy atom. The van der Waals surface area contributed by atoms with Crippen LogP contribution in [0.4, 0.5) is 5.69 Å². The lowest BCUT2D eigenvalue weighted by molar-refractivity contribution is -0.209. The van der Waals surface area contributed by atoms with E-state index < -0.39 is 29.9 Å². The summed E-state index contributed by atoms with van der Waals surface area (Å²) in [5, 5.41) is 3.49. The van der Waals surface area contributed by atoms with Crippen molar-refractivity contribution in [2.75, 3.05) is 19.5 Å². The van der Waals surface area contributed by atoms with Gasteiger partial charge >= 0.3 is 11.9 Å². The Morgan fingerprint density at radius 3 is 2.14 bits per heavy atom. The SMILES string of the molecule is COC(=O)C[C@H]1Oc2ccccc2[C@@H](Nc2ccc(C)cc2)[C@@](C(=O)OC)(c2ccc(C)cc2)O1. The summed E-state index contributed by atoms with van der Waals surface area (Å²) in [7, 11) is 2.61. The number of carbonyl (C=O) groups excluding carboxylic acids is 2. The largest absolute Gasteiger partial charge is 0.469 e. The van der Waals surface area contributed by atoms with Crippen molar-refractivity contribution in [2.24, 2.45) is 0 Å². The molecule has 0 spiro atoms. The molecule has 1 heterocycles. The van der Waals surface area contributed by atoms with Gasteiger partial charge in [0.2, 0.25) is 11.9 Å². The van der Waals surface area contributed by atoms with E-state index >= 15 is 0 Å². The first-order valence-corrected chi connectivity index (χ1v) is 11.4. The molecule has 0 radical (unpaired) electrons. The molecule has 3 aromatic rings. The van der Waals surface area contributed by atoms with Crippen molar-refractivity contribution >= 4 is 17.6 Å². The van der Waals surface area contributed by atoms with Gasteiger partial charge in [0.15, 0.2) is 0 Å². The fourth-order valence-electron chi connectivity index (χ4n) is 4.26. The zero-order valence-corrected chi connectivity index (χ0v) is 20.2. The number of esters is 2. The topological polar surface area (TPSA) is 83.1 Å². The van der Waals surface area contributed by atoms with E-state index in [9.17, 15) is 9.59 Å². The molecule has 3 atom stereocenters. The van der Waals surface area contributed by atoms with E-state index in [2.05, 4.69) is 5.32 Å². The molecule has 0 saturated carbocycles. The number of nitrogens with one attached hydrogen (secondary N) is 1. The second-order valence-corrected chi connectivity index (χ2v) is 8.52. The van der Waals surface area contributed by atoms with Gasteiger partial charge in [-0.1, -0.05) is 65.7 Å². The Morgan fingerprint density at radius 2 is 1.51 bits per heavy atom. The van der Waals surface area contributed by atoms with Crippen LogP contribution < -0.4 is 10.1 Å². The Hall–Kier alpha value is -3.84. The van der Waals surface area contributed by atoms with Crippen LogP contribution in [0.1, 0.15) is 34.7 Å². The molecular weight excluding hydrogens is 446 g/mol. The molecule has 0 amide bonds. The molecule has 3 aromatic carbocycles. The number of anilines is 1. The number of methoxy groups -OCH3 is 2. The molecule has 1 aliphatic heterocycles. The monoisotopic (exact) mass is 475 g/mol. The van der Waals surface area contributed by atoms with Gasteiger partial charge < -0.3 is 24.3 Å². The van der Waals surface area contributed by atoms with E-state index in [1.165, 1.54) is 14.2 Å². The third kappa shape index (κ3) is 4.86. The Balaban J connectivity index is 1.96. The molecule has 7 nitrogen and oxygen atoms in total. The average Bonchev–Trinajstić information content (AvgIpc) is 3.00. The van der Waals surface area contributed by atoms with Crippen molar-refractivity contribution in [3.63, 3.8) is 0 Å². The second kappa shape index (κ2) is 10.2. The summed E-state index contributed by atoms with van der Waals surface area (Å²) in [4.78, 5) is 26.0. The first-order chi connectivity index (χ1) is 16.9. The van der Waals surface area contributed by atoms with Crippen LogP contribution in [-0.4, -0.2) is 32.4 Å². The average molecular weight is 476 g/mol. The number of hydrogen-bond donors (Lipinski definition) is 1. The van der Waals surface area contributed by atoms with Gasteiger partial charge in [0, 0.05) is 11.3 Å². The van der Waals surface area contributed by atoms with E-state index in [4.69, 9.17) is 18.9 Å². The molecule has 7 heteroatoms. The van der Waals surface area contributed by atoms with E-state index in [-0.39, 0.29) is 6.42 Å². The highest BCUT2D eigenvalue weighted by molar-refractivity contribution is 5.84. The van der Waals surface area contributed by atoms with Crippen molar-refractivity contribution in [3.8, 4) is 5.75 Å². The first-order valence-electron chi connectivity index (χ1n) is 11.4. The molecule has 0 saturated heterocycles. The van der Waals surface area contributed by atoms with Crippen LogP contribution in [0.5, 0.6) is 5.75 Å². The van der Waals surface area contributed by atoms with E-state index in [0.29, 0.717) is 16.9 Å². The smallest absolute Gasteiger partial charge is 0.345 e. The van der Waals surface area contributed by atoms with E-state index in [1.807, 2.05) is 80.6 Å². The van der Waals surface area contributed by atoms with Gasteiger partial charge in [-0.15, -0.1) is 0 Å². The van der Waals surface area contributed by atoms with Gasteiger partial charge in [0.1, 0.15) is 12.2 Å². The van der Waals surface area contributed by atoms with E-state index in [1.54, 1.807) is 6.07 Å². The summed E-state index contributed by atoms with van der Waals surface area (Å²) in [5.74, 6) is -0.662. The molecule has 4 rings (SSSR count). The minimum Gasteiger partial charge on any atom is -0.469 e. The van der Waals surface area contributed by atoms with Crippen LogP contribution in [0, 0.1) is 13.8 Å². The van der Waals surface area contributed by atoms with E-state index in [0.717, 1.165) is 16.8 Å². The molecule has 182 valence electrons. The minimum absolute atomic E-state index is 0.216. The summed E-state index contributed by atoms with van der Waals surface area (Å²) < 4.78 is 22.8. The van der Waals surface area contributed by atoms with Crippen LogP contribution >= 0.6 is 0 Å². The maximum Gasteiger partial charge on any atom is 0.345 e. The molecule has 35 heavy (non-hydrogen) atoms. The van der Waals surface area contributed by atoms with Crippen LogP contribution in [0.3, 0.4) is 0 Å². The lowest BCUT2D eigenvalue weighted by Gasteiger charge is -2.39. The van der Waals surface area contributed by atoms with Crippen molar-refractivity contribution in [1.29, 1.82) is 0 Å². The Bertz CT molecular complexity index is 1190. The van der Waals surface area contributed by atoms with Crippen LogP contribution in [0.25, 0.3) is 0 Å². The second-order valence-electron chi connectivity index (χ2n) is 8.52. The van der Waals surface area contributed by atoms with Gasteiger partial charge in [0.25, 0.3) is 0 Å². The normalized spacial score (nSPS) is 21.1. The quantitative estimate of drug-likeness (QED) is 0.512. The Kier molecular flexibility index (Phi) is 7.07.